The number of halogens is 3. The molecule has 0 spiro atoms. The maximum atomic E-state index is 12.1. The van der Waals surface area contributed by atoms with Crippen molar-refractivity contribution in [1.29, 1.82) is 0 Å². The van der Waals surface area contributed by atoms with Crippen molar-refractivity contribution >= 4 is 10.8 Å². The molecule has 2 aromatic carbocycles. The topological polar surface area (TPSA) is 32.7 Å². The van der Waals surface area contributed by atoms with E-state index in [0.29, 0.717) is 19.6 Å². The van der Waals surface area contributed by atoms with E-state index in [4.69, 9.17) is 5.11 Å². The Morgan fingerprint density at radius 1 is 1.00 bits per heavy atom. The first-order chi connectivity index (χ1) is 11.0. The van der Waals surface area contributed by atoms with Gasteiger partial charge in [-0.25, -0.2) is 0 Å². The lowest BCUT2D eigenvalue weighted by Crippen LogP contribution is -2.31. The van der Waals surface area contributed by atoms with Gasteiger partial charge >= 0.3 is 6.18 Å². The zero-order valence-electron chi connectivity index (χ0n) is 12.7. The molecule has 2 rings (SSSR count). The van der Waals surface area contributed by atoms with Gasteiger partial charge in [-0.05, 0) is 16.3 Å². The number of aliphatic hydroxyl groups is 1. The van der Waals surface area contributed by atoms with E-state index in [2.05, 4.69) is 4.74 Å². The SMILES string of the molecule is OCCN(CCOCC(F)(F)F)Cc1cccc2ccccc12. The molecule has 0 saturated heterocycles. The highest BCUT2D eigenvalue weighted by molar-refractivity contribution is 5.85. The molecule has 6 heteroatoms. The second kappa shape index (κ2) is 8.29. The maximum absolute atomic E-state index is 12.1. The van der Waals surface area contributed by atoms with Crippen molar-refractivity contribution in [2.45, 2.75) is 12.7 Å². The Morgan fingerprint density at radius 2 is 1.74 bits per heavy atom. The highest BCUT2D eigenvalue weighted by Crippen LogP contribution is 2.20. The molecule has 0 fully saturated rings. The van der Waals surface area contributed by atoms with Gasteiger partial charge in [0, 0.05) is 19.6 Å². The summed E-state index contributed by atoms with van der Waals surface area (Å²) in [6, 6.07) is 13.9. The van der Waals surface area contributed by atoms with E-state index in [9.17, 15) is 13.2 Å². The van der Waals surface area contributed by atoms with Crippen LogP contribution in [0, 0.1) is 0 Å². The van der Waals surface area contributed by atoms with E-state index in [1.165, 1.54) is 0 Å². The van der Waals surface area contributed by atoms with Gasteiger partial charge in [-0.3, -0.25) is 4.90 Å². The van der Waals surface area contributed by atoms with Crippen LogP contribution in [0.15, 0.2) is 42.5 Å². The van der Waals surface area contributed by atoms with Crippen LogP contribution >= 0.6 is 0 Å². The van der Waals surface area contributed by atoms with Crippen molar-refractivity contribution in [3.05, 3.63) is 48.0 Å². The van der Waals surface area contributed by atoms with Gasteiger partial charge in [0.15, 0.2) is 0 Å². The largest absolute Gasteiger partial charge is 0.411 e. The smallest absolute Gasteiger partial charge is 0.395 e. The summed E-state index contributed by atoms with van der Waals surface area (Å²) in [5, 5.41) is 11.4. The number of nitrogens with zero attached hydrogens (tertiary/aromatic N) is 1. The van der Waals surface area contributed by atoms with Gasteiger partial charge in [0.25, 0.3) is 0 Å². The fourth-order valence-electron chi connectivity index (χ4n) is 2.46. The Labute approximate surface area is 133 Å². The minimum atomic E-state index is -4.31. The van der Waals surface area contributed by atoms with Gasteiger partial charge in [0.1, 0.15) is 6.61 Å². The normalized spacial score (nSPS) is 12.2. The van der Waals surface area contributed by atoms with Crippen LogP contribution in [0.2, 0.25) is 0 Å². The van der Waals surface area contributed by atoms with Crippen molar-refractivity contribution in [2.24, 2.45) is 0 Å². The lowest BCUT2D eigenvalue weighted by Gasteiger charge is -2.22. The van der Waals surface area contributed by atoms with Gasteiger partial charge in [-0.1, -0.05) is 42.5 Å². The molecular weight excluding hydrogens is 307 g/mol. The van der Waals surface area contributed by atoms with Crippen molar-refractivity contribution in [3.63, 3.8) is 0 Å². The monoisotopic (exact) mass is 327 g/mol. The van der Waals surface area contributed by atoms with Crippen LogP contribution in [-0.4, -0.2) is 49.1 Å². The van der Waals surface area contributed by atoms with Crippen LogP contribution in [0.25, 0.3) is 10.8 Å². The van der Waals surface area contributed by atoms with Crippen molar-refractivity contribution < 1.29 is 23.0 Å². The summed E-state index contributed by atoms with van der Waals surface area (Å²) >= 11 is 0. The molecule has 2 aromatic rings. The van der Waals surface area contributed by atoms with Crippen molar-refractivity contribution in [3.8, 4) is 0 Å². The first kappa shape index (κ1) is 17.7. The molecule has 0 aromatic heterocycles. The van der Waals surface area contributed by atoms with Gasteiger partial charge in [0.2, 0.25) is 0 Å². The second-order valence-corrected chi connectivity index (χ2v) is 5.31. The Bertz CT molecular complexity index is 611. The van der Waals surface area contributed by atoms with Gasteiger partial charge in [0.05, 0.1) is 13.2 Å². The maximum Gasteiger partial charge on any atom is 0.411 e. The lowest BCUT2D eigenvalue weighted by atomic mass is 10.0. The molecule has 0 aliphatic carbocycles. The molecule has 1 N–H and O–H groups in total. The molecule has 126 valence electrons. The zero-order valence-corrected chi connectivity index (χ0v) is 12.7. The average Bonchev–Trinajstić information content (AvgIpc) is 2.51. The summed E-state index contributed by atoms with van der Waals surface area (Å²) in [6.07, 6.45) is -4.31. The quantitative estimate of drug-likeness (QED) is 0.756. The van der Waals surface area contributed by atoms with E-state index in [0.717, 1.165) is 16.3 Å². The first-order valence-electron chi connectivity index (χ1n) is 7.44. The fraction of sp³-hybridized carbons (Fsp3) is 0.412. The van der Waals surface area contributed by atoms with Crippen LogP contribution in [-0.2, 0) is 11.3 Å². The predicted molar refractivity (Wildman–Crippen MR) is 83.2 cm³/mol. The molecule has 0 heterocycles. The molecule has 0 amide bonds. The van der Waals surface area contributed by atoms with E-state index in [1.807, 2.05) is 47.4 Å². The van der Waals surface area contributed by atoms with E-state index in [1.54, 1.807) is 0 Å². The Kier molecular flexibility index (Phi) is 6.38. The highest BCUT2D eigenvalue weighted by Gasteiger charge is 2.27. The molecule has 0 aliphatic rings. The Hall–Kier alpha value is -1.63. The molecule has 0 saturated carbocycles. The molecule has 23 heavy (non-hydrogen) atoms. The summed E-state index contributed by atoms with van der Waals surface area (Å²) in [5.74, 6) is 0. The van der Waals surface area contributed by atoms with Gasteiger partial charge < -0.3 is 9.84 Å². The van der Waals surface area contributed by atoms with Crippen LogP contribution < -0.4 is 0 Å². The summed E-state index contributed by atoms with van der Waals surface area (Å²) in [7, 11) is 0. The molecular formula is C17H20F3NO2. The minimum absolute atomic E-state index is 0.0235. The standard InChI is InChI=1S/C17H20F3NO2/c18-17(19,20)13-23-11-9-21(8-10-22)12-15-6-3-5-14-4-1-2-7-16(14)15/h1-7,22H,8-13H2. The third-order valence-electron chi connectivity index (χ3n) is 3.51. The van der Waals surface area contributed by atoms with Crippen molar-refractivity contribution in [2.75, 3.05) is 32.9 Å². The molecule has 0 bridgehead atoms. The van der Waals surface area contributed by atoms with Crippen LogP contribution in [0.1, 0.15) is 5.56 Å². The number of alkyl halides is 3. The number of aliphatic hydroxyl groups excluding tert-OH is 1. The number of fused-ring (bicyclic) bond motifs is 1. The first-order valence-corrected chi connectivity index (χ1v) is 7.44. The van der Waals surface area contributed by atoms with Crippen molar-refractivity contribution in [1.82, 2.24) is 4.90 Å². The number of benzene rings is 2. The third-order valence-corrected chi connectivity index (χ3v) is 3.51. The zero-order chi connectivity index (χ0) is 16.7. The molecule has 0 unspecified atom stereocenters. The molecule has 0 atom stereocenters. The summed E-state index contributed by atoms with van der Waals surface area (Å²) in [6.45, 7) is -0.0434. The number of hydrogen-bond donors (Lipinski definition) is 1. The third kappa shape index (κ3) is 5.82. The highest BCUT2D eigenvalue weighted by atomic mass is 19.4. The number of ether oxygens (including phenoxy) is 1. The van der Waals surface area contributed by atoms with Gasteiger partial charge in [-0.15, -0.1) is 0 Å². The predicted octanol–water partition coefficient (Wildman–Crippen LogP) is 3.21. The van der Waals surface area contributed by atoms with Crippen LogP contribution in [0.3, 0.4) is 0 Å². The minimum Gasteiger partial charge on any atom is -0.395 e. The fourth-order valence-corrected chi connectivity index (χ4v) is 2.46. The number of hydrogen-bond acceptors (Lipinski definition) is 3. The lowest BCUT2D eigenvalue weighted by molar-refractivity contribution is -0.174. The summed E-state index contributed by atoms with van der Waals surface area (Å²) in [5.41, 5.74) is 1.08. The van der Waals surface area contributed by atoms with Crippen LogP contribution in [0.5, 0.6) is 0 Å². The summed E-state index contributed by atoms with van der Waals surface area (Å²) in [4.78, 5) is 1.89. The number of rotatable bonds is 8. The Morgan fingerprint density at radius 3 is 2.48 bits per heavy atom. The van der Waals surface area contributed by atoms with Crippen LogP contribution in [0.4, 0.5) is 13.2 Å². The Balaban J connectivity index is 1.98. The van der Waals surface area contributed by atoms with E-state index >= 15 is 0 Å². The summed E-state index contributed by atoms with van der Waals surface area (Å²) < 4.78 is 40.9. The molecule has 0 radical (unpaired) electrons. The molecule has 3 nitrogen and oxygen atoms in total. The van der Waals surface area contributed by atoms with Gasteiger partial charge in [-0.2, -0.15) is 13.2 Å². The molecule has 0 aliphatic heterocycles. The van der Waals surface area contributed by atoms with E-state index < -0.39 is 12.8 Å². The average molecular weight is 327 g/mol. The second-order valence-electron chi connectivity index (χ2n) is 5.31. The van der Waals surface area contributed by atoms with E-state index in [-0.39, 0.29) is 13.2 Å².